The topological polar surface area (TPSA) is 55.8 Å². The van der Waals surface area contributed by atoms with E-state index in [0.29, 0.717) is 23.2 Å². The van der Waals surface area contributed by atoms with Gasteiger partial charge in [0.05, 0.1) is 18.2 Å². The lowest BCUT2D eigenvalue weighted by atomic mass is 10.0. The zero-order valence-corrected chi connectivity index (χ0v) is 13.0. The highest BCUT2D eigenvalue weighted by Crippen LogP contribution is 2.35. The number of esters is 2. The molecular weight excluding hydrogens is 282 g/mol. The summed E-state index contributed by atoms with van der Waals surface area (Å²) in [4.78, 5) is 26.0. The van der Waals surface area contributed by atoms with Crippen LogP contribution in [0.4, 0.5) is 0 Å². The van der Waals surface area contributed by atoms with Crippen LogP contribution < -0.4 is 0 Å². The minimum atomic E-state index is -0.410. The molecule has 2 heterocycles. The number of methoxy groups -OCH3 is 1. The van der Waals surface area contributed by atoms with Crippen LogP contribution in [0.15, 0.2) is 24.3 Å². The van der Waals surface area contributed by atoms with Crippen LogP contribution in [0, 0.1) is 0 Å². The van der Waals surface area contributed by atoms with Crippen molar-refractivity contribution < 1.29 is 19.1 Å². The van der Waals surface area contributed by atoms with E-state index in [4.69, 9.17) is 4.74 Å². The predicted octanol–water partition coefficient (Wildman–Crippen LogP) is 2.26. The number of nitrogens with zero attached hydrogens (tertiary/aromatic N) is 1. The van der Waals surface area contributed by atoms with Gasteiger partial charge >= 0.3 is 11.9 Å². The Morgan fingerprint density at radius 3 is 2.00 bits per heavy atom. The summed E-state index contributed by atoms with van der Waals surface area (Å²) in [5, 5.41) is 0. The van der Waals surface area contributed by atoms with Crippen molar-refractivity contribution in [3.8, 4) is 0 Å². The number of ether oxygens (including phenoxy) is 2. The Labute approximate surface area is 130 Å². The highest BCUT2D eigenvalue weighted by Gasteiger charge is 2.39. The van der Waals surface area contributed by atoms with Gasteiger partial charge in [-0.05, 0) is 44.2 Å². The van der Waals surface area contributed by atoms with Crippen LogP contribution in [0.5, 0.6) is 0 Å². The number of carbonyl (C=O) groups excluding carboxylic acids is 2. The average Bonchev–Trinajstić information content (AvgIpc) is 2.76. The fourth-order valence-corrected chi connectivity index (χ4v) is 3.54. The highest BCUT2D eigenvalue weighted by molar-refractivity contribution is 5.93. The van der Waals surface area contributed by atoms with Gasteiger partial charge in [0.25, 0.3) is 0 Å². The van der Waals surface area contributed by atoms with Crippen LogP contribution in [0.3, 0.4) is 0 Å². The minimum Gasteiger partial charge on any atom is -0.465 e. The largest absolute Gasteiger partial charge is 0.465 e. The summed E-state index contributed by atoms with van der Waals surface area (Å²) in [5.74, 6) is -0.725. The van der Waals surface area contributed by atoms with E-state index in [1.807, 2.05) is 0 Å². The molecule has 0 spiro atoms. The summed E-state index contributed by atoms with van der Waals surface area (Å²) in [6.07, 6.45) is 4.23. The van der Waals surface area contributed by atoms with Gasteiger partial charge in [0.1, 0.15) is 6.10 Å². The van der Waals surface area contributed by atoms with Crippen molar-refractivity contribution in [1.82, 2.24) is 4.90 Å². The molecule has 0 radical (unpaired) electrons. The molecule has 5 nitrogen and oxygen atoms in total. The third-order valence-corrected chi connectivity index (χ3v) is 4.87. The molecular formula is C17H21NO4. The summed E-state index contributed by atoms with van der Waals surface area (Å²) in [6.45, 7) is 0. The van der Waals surface area contributed by atoms with Gasteiger partial charge < -0.3 is 14.4 Å². The normalized spacial score (nSPS) is 27.5. The molecule has 3 rings (SSSR count). The third kappa shape index (κ3) is 2.86. The summed E-state index contributed by atoms with van der Waals surface area (Å²) in [7, 11) is 3.49. The molecule has 0 aromatic heterocycles. The Hall–Kier alpha value is -1.88. The summed E-state index contributed by atoms with van der Waals surface area (Å²) < 4.78 is 10.3. The molecule has 0 aliphatic carbocycles. The molecule has 2 saturated heterocycles. The van der Waals surface area contributed by atoms with Crippen LogP contribution in [0.2, 0.25) is 0 Å². The molecule has 0 N–H and O–H groups in total. The molecule has 0 amide bonds. The summed E-state index contributed by atoms with van der Waals surface area (Å²) >= 11 is 0. The fourth-order valence-electron chi connectivity index (χ4n) is 3.54. The Morgan fingerprint density at radius 2 is 1.50 bits per heavy atom. The fraction of sp³-hybridized carbons (Fsp3) is 0.529. The smallest absolute Gasteiger partial charge is 0.338 e. The van der Waals surface area contributed by atoms with Crippen molar-refractivity contribution in [2.75, 3.05) is 14.2 Å². The number of hydrogen-bond donors (Lipinski definition) is 0. The van der Waals surface area contributed by atoms with Gasteiger partial charge in [0.2, 0.25) is 0 Å². The molecule has 2 aliphatic heterocycles. The molecule has 2 atom stereocenters. The Balaban J connectivity index is 1.61. The second-order valence-corrected chi connectivity index (χ2v) is 6.12. The van der Waals surface area contributed by atoms with Gasteiger partial charge in [-0.3, -0.25) is 0 Å². The molecule has 2 bridgehead atoms. The van der Waals surface area contributed by atoms with Crippen LogP contribution in [0.1, 0.15) is 46.4 Å². The Bertz CT molecular complexity index is 555. The van der Waals surface area contributed by atoms with Crippen molar-refractivity contribution in [3.63, 3.8) is 0 Å². The molecule has 0 saturated carbocycles. The van der Waals surface area contributed by atoms with Gasteiger partial charge in [0.15, 0.2) is 0 Å². The van der Waals surface area contributed by atoms with Crippen molar-refractivity contribution >= 4 is 11.9 Å². The zero-order valence-electron chi connectivity index (χ0n) is 13.0. The van der Waals surface area contributed by atoms with E-state index in [1.54, 1.807) is 24.3 Å². The van der Waals surface area contributed by atoms with Gasteiger partial charge in [-0.15, -0.1) is 0 Å². The van der Waals surface area contributed by atoms with Crippen molar-refractivity contribution in [3.05, 3.63) is 35.4 Å². The highest BCUT2D eigenvalue weighted by atomic mass is 16.5. The lowest BCUT2D eigenvalue weighted by molar-refractivity contribution is -0.000475. The maximum Gasteiger partial charge on any atom is 0.338 e. The van der Waals surface area contributed by atoms with E-state index in [-0.39, 0.29) is 12.1 Å². The first-order valence-corrected chi connectivity index (χ1v) is 7.69. The van der Waals surface area contributed by atoms with Crippen LogP contribution in [-0.2, 0) is 9.47 Å². The van der Waals surface area contributed by atoms with Gasteiger partial charge in [-0.25, -0.2) is 9.59 Å². The molecule has 1 aromatic carbocycles. The number of carbonyl (C=O) groups is 2. The predicted molar refractivity (Wildman–Crippen MR) is 80.8 cm³/mol. The van der Waals surface area contributed by atoms with Crippen molar-refractivity contribution in [2.24, 2.45) is 0 Å². The SMILES string of the molecule is COC(=O)c1ccc(C(=O)OC2CC3CCC(C2)N3C)cc1. The molecule has 2 aliphatic rings. The monoisotopic (exact) mass is 303 g/mol. The summed E-state index contributed by atoms with van der Waals surface area (Å²) in [6, 6.07) is 7.47. The quantitative estimate of drug-likeness (QED) is 0.802. The first-order valence-electron chi connectivity index (χ1n) is 7.69. The minimum absolute atomic E-state index is 0.00137. The van der Waals surface area contributed by atoms with Gasteiger partial charge in [-0.2, -0.15) is 0 Å². The second-order valence-electron chi connectivity index (χ2n) is 6.12. The molecule has 5 heteroatoms. The number of fused-ring (bicyclic) bond motifs is 2. The van der Waals surface area contributed by atoms with Crippen molar-refractivity contribution in [2.45, 2.75) is 43.9 Å². The van der Waals surface area contributed by atoms with Gasteiger partial charge in [-0.1, -0.05) is 0 Å². The Kier molecular flexibility index (Phi) is 4.16. The number of rotatable bonds is 3. The zero-order chi connectivity index (χ0) is 15.7. The van der Waals surface area contributed by atoms with Crippen molar-refractivity contribution in [1.29, 1.82) is 0 Å². The van der Waals surface area contributed by atoms with E-state index in [9.17, 15) is 9.59 Å². The molecule has 1 aromatic rings. The maximum atomic E-state index is 12.2. The van der Waals surface area contributed by atoms with E-state index in [2.05, 4.69) is 16.7 Å². The maximum absolute atomic E-state index is 12.2. The summed E-state index contributed by atoms with van der Waals surface area (Å²) in [5.41, 5.74) is 0.898. The molecule has 2 unspecified atom stereocenters. The van der Waals surface area contributed by atoms with E-state index >= 15 is 0 Å². The second kappa shape index (κ2) is 6.08. The van der Waals surface area contributed by atoms with E-state index in [1.165, 1.54) is 20.0 Å². The number of piperidine rings is 1. The third-order valence-electron chi connectivity index (χ3n) is 4.87. The first-order chi connectivity index (χ1) is 10.6. The average molecular weight is 303 g/mol. The lowest BCUT2D eigenvalue weighted by Gasteiger charge is -2.35. The molecule has 2 fully saturated rings. The molecule has 118 valence electrons. The van der Waals surface area contributed by atoms with E-state index < -0.39 is 5.97 Å². The van der Waals surface area contributed by atoms with Crippen LogP contribution in [-0.4, -0.2) is 49.2 Å². The first kappa shape index (κ1) is 15.0. The lowest BCUT2D eigenvalue weighted by Crippen LogP contribution is -2.43. The Morgan fingerprint density at radius 1 is 1.00 bits per heavy atom. The standard InChI is InChI=1S/C17H21NO4/c1-18-13-7-8-14(18)10-15(9-13)22-17(20)12-5-3-11(4-6-12)16(19)21-2/h3-6,13-15H,7-10H2,1-2H3. The van der Waals surface area contributed by atoms with Crippen LogP contribution in [0.25, 0.3) is 0 Å². The number of benzene rings is 1. The van der Waals surface area contributed by atoms with E-state index in [0.717, 1.165) is 12.8 Å². The van der Waals surface area contributed by atoms with Gasteiger partial charge in [0, 0.05) is 24.9 Å². The van der Waals surface area contributed by atoms with Crippen LogP contribution >= 0.6 is 0 Å². The molecule has 22 heavy (non-hydrogen) atoms. The number of hydrogen-bond acceptors (Lipinski definition) is 5.